The molecule has 2 aromatic rings. The number of fused-ring (bicyclic) bond motifs is 1. The Balaban J connectivity index is 1.28. The maximum Gasteiger partial charge on any atom is 0.322 e. The average molecular weight is 487 g/mol. The maximum absolute atomic E-state index is 12.9. The lowest BCUT2D eigenvalue weighted by molar-refractivity contribution is -0.130. The minimum absolute atomic E-state index is 0.00353. The number of nitrogens with zero attached hydrogens (tertiary/aromatic N) is 1. The van der Waals surface area contributed by atoms with Gasteiger partial charge in [0.1, 0.15) is 0 Å². The van der Waals surface area contributed by atoms with E-state index >= 15 is 0 Å². The fourth-order valence-electron chi connectivity index (χ4n) is 4.68. The molecule has 3 aliphatic heterocycles. The summed E-state index contributed by atoms with van der Waals surface area (Å²) in [6.45, 7) is 1.44. The molecule has 0 aromatic heterocycles. The number of imide groups is 1. The Kier molecular flexibility index (Phi) is 5.72. The molecule has 5 rings (SSSR count). The fourth-order valence-corrected chi connectivity index (χ4v) is 6.20. The summed E-state index contributed by atoms with van der Waals surface area (Å²) in [4.78, 5) is 39.7. The highest BCUT2D eigenvalue weighted by molar-refractivity contribution is 8.24. The van der Waals surface area contributed by atoms with Gasteiger partial charge < -0.3 is 20.3 Å². The number of anilines is 1. The monoisotopic (exact) mass is 486 g/mol. The molecule has 0 aliphatic carbocycles. The van der Waals surface area contributed by atoms with Crippen LogP contribution in [0.4, 0.5) is 10.5 Å². The minimum atomic E-state index is -2.77. The topological polar surface area (TPSA) is 140 Å². The van der Waals surface area contributed by atoms with Crippen molar-refractivity contribution < 1.29 is 28.2 Å². The molecule has 0 saturated carbocycles. The molecule has 4 amide bonds. The third-order valence-corrected chi connectivity index (χ3v) is 8.34. The Hall–Kier alpha value is -3.12. The van der Waals surface area contributed by atoms with Gasteiger partial charge in [-0.2, -0.15) is 10.6 Å². The summed E-state index contributed by atoms with van der Waals surface area (Å²) in [6, 6.07) is 13.3. The van der Waals surface area contributed by atoms with Crippen molar-refractivity contribution in [2.45, 2.75) is 29.4 Å². The number of carbonyl (C=O) groups is 3. The van der Waals surface area contributed by atoms with E-state index in [1.165, 1.54) is 0 Å². The van der Waals surface area contributed by atoms with Crippen LogP contribution in [0.2, 0.25) is 0 Å². The van der Waals surface area contributed by atoms with Gasteiger partial charge >= 0.3 is 6.03 Å². The van der Waals surface area contributed by atoms with Gasteiger partial charge in [0, 0.05) is 25.3 Å². The third-order valence-electron chi connectivity index (χ3n) is 6.54. The summed E-state index contributed by atoms with van der Waals surface area (Å²) in [5.41, 5.74) is 0.902. The van der Waals surface area contributed by atoms with Gasteiger partial charge in [0.2, 0.25) is 0 Å². The Morgan fingerprint density at radius 1 is 1.18 bits per heavy atom. The molecule has 1 spiro atoms. The SMILES string of the molecule is O=C1NC(=O)C2(COCCC2NC(=O)c2ccc(CN3CCS(O)(O)c4ccccc43)cc2)N1. The van der Waals surface area contributed by atoms with E-state index in [1.54, 1.807) is 24.3 Å². The van der Waals surface area contributed by atoms with Crippen LogP contribution in [0, 0.1) is 0 Å². The number of benzene rings is 2. The van der Waals surface area contributed by atoms with Gasteiger partial charge in [-0.1, -0.05) is 24.3 Å². The lowest BCUT2D eigenvalue weighted by atomic mass is 9.86. The van der Waals surface area contributed by atoms with Crippen LogP contribution >= 0.6 is 10.6 Å². The number of amides is 4. The van der Waals surface area contributed by atoms with Gasteiger partial charge in [0.25, 0.3) is 11.8 Å². The second-order valence-electron chi connectivity index (χ2n) is 8.70. The summed E-state index contributed by atoms with van der Waals surface area (Å²) in [7, 11) is -2.77. The maximum atomic E-state index is 12.9. The second-order valence-corrected chi connectivity index (χ2v) is 10.9. The highest BCUT2D eigenvalue weighted by Gasteiger charge is 2.54. The van der Waals surface area contributed by atoms with Gasteiger partial charge in [0.05, 0.1) is 29.0 Å². The van der Waals surface area contributed by atoms with E-state index in [0.717, 1.165) is 11.3 Å². The van der Waals surface area contributed by atoms with E-state index in [0.29, 0.717) is 36.6 Å². The first-order chi connectivity index (χ1) is 16.3. The molecule has 2 fully saturated rings. The molecule has 2 saturated heterocycles. The van der Waals surface area contributed by atoms with Crippen molar-refractivity contribution >= 4 is 34.1 Å². The van der Waals surface area contributed by atoms with Crippen molar-refractivity contribution in [3.8, 4) is 0 Å². The van der Waals surface area contributed by atoms with E-state index in [-0.39, 0.29) is 18.3 Å². The summed E-state index contributed by atoms with van der Waals surface area (Å²) in [6.07, 6.45) is 0.394. The molecule has 180 valence electrons. The van der Waals surface area contributed by atoms with Gasteiger partial charge in [-0.3, -0.25) is 24.0 Å². The highest BCUT2D eigenvalue weighted by atomic mass is 32.3. The quantitative estimate of drug-likeness (QED) is 0.416. The van der Waals surface area contributed by atoms with Gasteiger partial charge in [-0.15, -0.1) is 0 Å². The van der Waals surface area contributed by atoms with Gasteiger partial charge in [-0.05, 0) is 36.2 Å². The third kappa shape index (κ3) is 4.00. The van der Waals surface area contributed by atoms with E-state index < -0.39 is 34.1 Å². The normalized spacial score (nSPS) is 26.4. The molecule has 11 heteroatoms. The Labute approximate surface area is 198 Å². The predicted molar refractivity (Wildman–Crippen MR) is 126 cm³/mol. The number of carbonyl (C=O) groups excluding carboxylic acids is 3. The first-order valence-electron chi connectivity index (χ1n) is 11.0. The smallest absolute Gasteiger partial charge is 0.322 e. The first kappa shape index (κ1) is 22.7. The summed E-state index contributed by atoms with van der Waals surface area (Å²) < 4.78 is 26.1. The van der Waals surface area contributed by atoms with Crippen molar-refractivity contribution in [3.05, 3.63) is 59.7 Å². The van der Waals surface area contributed by atoms with Crippen LogP contribution in [0.1, 0.15) is 22.3 Å². The predicted octanol–water partition coefficient (Wildman–Crippen LogP) is 1.91. The van der Waals surface area contributed by atoms with Crippen molar-refractivity contribution in [2.24, 2.45) is 0 Å². The lowest BCUT2D eigenvalue weighted by Gasteiger charge is -2.43. The van der Waals surface area contributed by atoms with Crippen LogP contribution in [0.15, 0.2) is 53.4 Å². The van der Waals surface area contributed by atoms with Crippen molar-refractivity contribution in [1.29, 1.82) is 0 Å². The Morgan fingerprint density at radius 2 is 1.94 bits per heavy atom. The van der Waals surface area contributed by atoms with Crippen molar-refractivity contribution in [1.82, 2.24) is 16.0 Å². The summed E-state index contributed by atoms with van der Waals surface area (Å²) >= 11 is 0. The van der Waals surface area contributed by atoms with Crippen molar-refractivity contribution in [3.63, 3.8) is 0 Å². The fraction of sp³-hybridized carbons (Fsp3) is 0.348. The van der Waals surface area contributed by atoms with E-state index in [4.69, 9.17) is 4.74 Å². The molecular weight excluding hydrogens is 460 g/mol. The molecule has 2 unspecified atom stereocenters. The average Bonchev–Trinajstić information content (AvgIpc) is 3.11. The molecule has 2 atom stereocenters. The van der Waals surface area contributed by atoms with E-state index in [1.807, 2.05) is 24.3 Å². The second kappa shape index (κ2) is 8.58. The molecule has 3 heterocycles. The molecule has 2 aromatic carbocycles. The number of urea groups is 1. The van der Waals surface area contributed by atoms with Crippen LogP contribution in [0.3, 0.4) is 0 Å². The number of ether oxygens (including phenoxy) is 1. The van der Waals surface area contributed by atoms with Crippen LogP contribution in [-0.2, 0) is 16.1 Å². The summed E-state index contributed by atoms with van der Waals surface area (Å²) in [5, 5.41) is 7.72. The number of hydrogen-bond acceptors (Lipinski definition) is 7. The standard InChI is InChI=1S/C23H26N4O6S/c28-20(24-19-9-11-33-14-23(19)21(29)25-22(30)26-23)16-7-5-15(6-8-16)13-27-10-12-34(31,32)18-4-2-1-3-17(18)27/h1-8,19,31-32H,9-14H2,(H,24,28)(H2,25,26,29,30). The zero-order valence-electron chi connectivity index (χ0n) is 18.3. The Morgan fingerprint density at radius 3 is 2.68 bits per heavy atom. The molecule has 5 N–H and O–H groups in total. The molecular formula is C23H26N4O6S. The van der Waals surface area contributed by atoms with Crippen molar-refractivity contribution in [2.75, 3.05) is 30.4 Å². The van der Waals surface area contributed by atoms with Crippen LogP contribution in [-0.4, -0.2) is 64.0 Å². The highest BCUT2D eigenvalue weighted by Crippen LogP contribution is 2.55. The Bertz CT molecular complexity index is 1140. The molecule has 34 heavy (non-hydrogen) atoms. The number of nitrogens with one attached hydrogen (secondary N) is 3. The van der Waals surface area contributed by atoms with E-state index in [2.05, 4.69) is 20.9 Å². The number of rotatable bonds is 4. The molecule has 0 bridgehead atoms. The summed E-state index contributed by atoms with van der Waals surface area (Å²) in [5.74, 6) is -0.568. The van der Waals surface area contributed by atoms with Crippen LogP contribution < -0.4 is 20.9 Å². The molecule has 3 aliphatic rings. The lowest BCUT2D eigenvalue weighted by Crippen LogP contribution is -2.67. The van der Waals surface area contributed by atoms with E-state index in [9.17, 15) is 23.5 Å². The minimum Gasteiger partial charge on any atom is -0.378 e. The van der Waals surface area contributed by atoms with Crippen LogP contribution in [0.25, 0.3) is 0 Å². The number of hydrogen-bond donors (Lipinski definition) is 5. The number of para-hydroxylation sites is 1. The molecule has 10 nitrogen and oxygen atoms in total. The largest absolute Gasteiger partial charge is 0.378 e. The zero-order valence-corrected chi connectivity index (χ0v) is 19.1. The zero-order chi connectivity index (χ0) is 23.9. The molecule has 0 radical (unpaired) electrons. The van der Waals surface area contributed by atoms with Gasteiger partial charge in [0.15, 0.2) is 5.54 Å². The van der Waals surface area contributed by atoms with Crippen LogP contribution in [0.5, 0.6) is 0 Å². The van der Waals surface area contributed by atoms with Gasteiger partial charge in [-0.25, -0.2) is 4.79 Å². The first-order valence-corrected chi connectivity index (χ1v) is 12.7.